The zero-order valence-electron chi connectivity index (χ0n) is 13.6. The standard InChI is InChI=1S/C17H30N2O3/c20-16(13-15-5-4-12-22-15)19-10-6-17(21,7-11-19)14-18-8-2-1-3-9-18/h15,21H,1-14H2. The number of hydrogen-bond acceptors (Lipinski definition) is 4. The monoisotopic (exact) mass is 310 g/mol. The summed E-state index contributed by atoms with van der Waals surface area (Å²) in [6, 6.07) is 0. The molecule has 5 heteroatoms. The van der Waals surface area contributed by atoms with Gasteiger partial charge in [0, 0.05) is 26.2 Å². The lowest BCUT2D eigenvalue weighted by Crippen LogP contribution is -2.53. The lowest BCUT2D eigenvalue weighted by atomic mass is 9.90. The zero-order chi connectivity index (χ0) is 15.4. The highest BCUT2D eigenvalue weighted by atomic mass is 16.5. The highest BCUT2D eigenvalue weighted by molar-refractivity contribution is 5.76. The molecule has 0 spiro atoms. The van der Waals surface area contributed by atoms with Crippen molar-refractivity contribution >= 4 is 5.91 Å². The first-order chi connectivity index (χ1) is 10.6. The normalized spacial score (nSPS) is 29.7. The van der Waals surface area contributed by atoms with Crippen LogP contribution < -0.4 is 0 Å². The minimum absolute atomic E-state index is 0.127. The fourth-order valence-corrected chi connectivity index (χ4v) is 3.99. The van der Waals surface area contributed by atoms with E-state index in [0.29, 0.717) is 32.4 Å². The summed E-state index contributed by atoms with van der Waals surface area (Å²) >= 11 is 0. The molecule has 0 aromatic carbocycles. The Labute approximate surface area is 133 Å². The number of β-amino-alcohol motifs (C(OH)–C–C–N with tert-alkyl or cyclic N) is 1. The quantitative estimate of drug-likeness (QED) is 0.853. The largest absolute Gasteiger partial charge is 0.388 e. The van der Waals surface area contributed by atoms with Gasteiger partial charge >= 0.3 is 0 Å². The van der Waals surface area contributed by atoms with E-state index in [0.717, 1.165) is 39.1 Å². The van der Waals surface area contributed by atoms with Crippen LogP contribution in [-0.4, -0.2) is 71.8 Å². The number of hydrogen-bond donors (Lipinski definition) is 1. The van der Waals surface area contributed by atoms with Crippen LogP contribution in [0.5, 0.6) is 0 Å². The van der Waals surface area contributed by atoms with Gasteiger partial charge in [-0.15, -0.1) is 0 Å². The van der Waals surface area contributed by atoms with E-state index in [1.807, 2.05) is 4.90 Å². The molecule has 3 rings (SSSR count). The Morgan fingerprint density at radius 3 is 2.45 bits per heavy atom. The van der Waals surface area contributed by atoms with E-state index < -0.39 is 5.60 Å². The number of rotatable bonds is 4. The number of carbonyl (C=O) groups excluding carboxylic acids is 1. The molecular formula is C17H30N2O3. The minimum Gasteiger partial charge on any atom is -0.388 e. The lowest BCUT2D eigenvalue weighted by molar-refractivity contribution is -0.138. The summed E-state index contributed by atoms with van der Waals surface area (Å²) in [5.74, 6) is 0.201. The summed E-state index contributed by atoms with van der Waals surface area (Å²) in [5, 5.41) is 10.8. The molecule has 0 aromatic rings. The molecular weight excluding hydrogens is 280 g/mol. The maximum Gasteiger partial charge on any atom is 0.225 e. The molecule has 126 valence electrons. The van der Waals surface area contributed by atoms with E-state index in [4.69, 9.17) is 4.74 Å². The van der Waals surface area contributed by atoms with E-state index >= 15 is 0 Å². The average Bonchev–Trinajstić information content (AvgIpc) is 3.01. The fraction of sp³-hybridized carbons (Fsp3) is 0.941. The second-order valence-corrected chi connectivity index (χ2v) is 7.28. The summed E-state index contributed by atoms with van der Waals surface area (Å²) in [4.78, 5) is 16.6. The SMILES string of the molecule is O=C(CC1CCCO1)N1CCC(O)(CN2CCCCC2)CC1. The van der Waals surface area contributed by atoms with Gasteiger partial charge in [0.25, 0.3) is 0 Å². The first-order valence-corrected chi connectivity index (χ1v) is 8.99. The van der Waals surface area contributed by atoms with Crippen molar-refractivity contribution in [2.45, 2.75) is 63.1 Å². The van der Waals surface area contributed by atoms with Crippen LogP contribution in [0.3, 0.4) is 0 Å². The third kappa shape index (κ3) is 4.21. The van der Waals surface area contributed by atoms with Gasteiger partial charge in [0.15, 0.2) is 0 Å². The molecule has 3 aliphatic heterocycles. The van der Waals surface area contributed by atoms with Crippen molar-refractivity contribution in [3.8, 4) is 0 Å². The molecule has 3 saturated heterocycles. The van der Waals surface area contributed by atoms with Crippen LogP contribution in [0.1, 0.15) is 51.4 Å². The zero-order valence-corrected chi connectivity index (χ0v) is 13.6. The van der Waals surface area contributed by atoms with Gasteiger partial charge in [-0.2, -0.15) is 0 Å². The Balaban J connectivity index is 1.43. The van der Waals surface area contributed by atoms with Crippen molar-refractivity contribution in [1.82, 2.24) is 9.80 Å². The summed E-state index contributed by atoms with van der Waals surface area (Å²) in [5.41, 5.74) is -0.599. The second-order valence-electron chi connectivity index (χ2n) is 7.28. The maximum atomic E-state index is 12.3. The first kappa shape index (κ1) is 16.2. The molecule has 1 unspecified atom stereocenters. The highest BCUT2D eigenvalue weighted by Gasteiger charge is 2.36. The summed E-state index contributed by atoms with van der Waals surface area (Å²) in [6.45, 7) is 5.19. The van der Waals surface area contributed by atoms with Gasteiger partial charge in [-0.05, 0) is 51.6 Å². The van der Waals surface area contributed by atoms with Gasteiger partial charge in [0.05, 0.1) is 18.1 Å². The number of nitrogens with zero attached hydrogens (tertiary/aromatic N) is 2. The van der Waals surface area contributed by atoms with Crippen molar-refractivity contribution in [3.63, 3.8) is 0 Å². The topological polar surface area (TPSA) is 53.0 Å². The van der Waals surface area contributed by atoms with E-state index in [1.54, 1.807) is 0 Å². The van der Waals surface area contributed by atoms with Gasteiger partial charge in [-0.3, -0.25) is 4.79 Å². The van der Waals surface area contributed by atoms with Gasteiger partial charge < -0.3 is 19.6 Å². The van der Waals surface area contributed by atoms with Crippen molar-refractivity contribution in [2.75, 3.05) is 39.3 Å². The third-order valence-corrected chi connectivity index (χ3v) is 5.44. The van der Waals surface area contributed by atoms with Gasteiger partial charge in [0.2, 0.25) is 5.91 Å². The van der Waals surface area contributed by atoms with E-state index in [-0.39, 0.29) is 12.0 Å². The molecule has 0 bridgehead atoms. The molecule has 0 radical (unpaired) electrons. The maximum absolute atomic E-state index is 12.3. The predicted octanol–water partition coefficient (Wildman–Crippen LogP) is 1.39. The van der Waals surface area contributed by atoms with Crippen LogP contribution in [0, 0.1) is 0 Å². The van der Waals surface area contributed by atoms with Crippen LogP contribution in [-0.2, 0) is 9.53 Å². The fourth-order valence-electron chi connectivity index (χ4n) is 3.99. The Bertz CT molecular complexity index is 368. The molecule has 3 fully saturated rings. The molecule has 1 amide bonds. The molecule has 0 aromatic heterocycles. The number of amides is 1. The van der Waals surface area contributed by atoms with Crippen LogP contribution in [0.4, 0.5) is 0 Å². The van der Waals surface area contributed by atoms with Crippen molar-refractivity contribution in [3.05, 3.63) is 0 Å². The molecule has 3 heterocycles. The smallest absolute Gasteiger partial charge is 0.225 e. The third-order valence-electron chi connectivity index (χ3n) is 5.44. The van der Waals surface area contributed by atoms with Crippen LogP contribution in [0.25, 0.3) is 0 Å². The number of likely N-dealkylation sites (tertiary alicyclic amines) is 2. The van der Waals surface area contributed by atoms with Crippen molar-refractivity contribution in [1.29, 1.82) is 0 Å². The summed E-state index contributed by atoms with van der Waals surface area (Å²) in [7, 11) is 0. The van der Waals surface area contributed by atoms with Gasteiger partial charge in [-0.25, -0.2) is 0 Å². The number of piperidine rings is 2. The van der Waals surface area contributed by atoms with Crippen molar-refractivity contribution in [2.24, 2.45) is 0 Å². The van der Waals surface area contributed by atoms with E-state index in [2.05, 4.69) is 4.90 Å². The predicted molar refractivity (Wildman–Crippen MR) is 84.6 cm³/mol. The van der Waals surface area contributed by atoms with Crippen LogP contribution >= 0.6 is 0 Å². The summed E-state index contributed by atoms with van der Waals surface area (Å²) in [6.07, 6.45) is 7.98. The molecule has 1 atom stereocenters. The van der Waals surface area contributed by atoms with Crippen LogP contribution in [0.15, 0.2) is 0 Å². The Morgan fingerprint density at radius 1 is 1.09 bits per heavy atom. The summed E-state index contributed by atoms with van der Waals surface area (Å²) < 4.78 is 5.55. The number of aliphatic hydroxyl groups is 1. The lowest BCUT2D eigenvalue weighted by Gasteiger charge is -2.42. The van der Waals surface area contributed by atoms with Crippen molar-refractivity contribution < 1.29 is 14.6 Å². The molecule has 1 N–H and O–H groups in total. The molecule has 22 heavy (non-hydrogen) atoms. The molecule has 0 saturated carbocycles. The minimum atomic E-state index is -0.599. The molecule has 3 aliphatic rings. The first-order valence-electron chi connectivity index (χ1n) is 8.99. The van der Waals surface area contributed by atoms with Crippen LogP contribution in [0.2, 0.25) is 0 Å². The Kier molecular flexibility index (Phi) is 5.37. The van der Waals surface area contributed by atoms with E-state index in [9.17, 15) is 9.90 Å². The second kappa shape index (κ2) is 7.28. The van der Waals surface area contributed by atoms with E-state index in [1.165, 1.54) is 19.3 Å². The molecule has 5 nitrogen and oxygen atoms in total. The molecule has 0 aliphatic carbocycles. The highest BCUT2D eigenvalue weighted by Crippen LogP contribution is 2.26. The number of carbonyl (C=O) groups is 1. The average molecular weight is 310 g/mol. The number of ether oxygens (including phenoxy) is 1. The Hall–Kier alpha value is -0.650. The van der Waals surface area contributed by atoms with Gasteiger partial charge in [-0.1, -0.05) is 6.42 Å². The van der Waals surface area contributed by atoms with Gasteiger partial charge in [0.1, 0.15) is 0 Å². The Morgan fingerprint density at radius 2 is 1.82 bits per heavy atom.